The fourth-order valence-electron chi connectivity index (χ4n) is 1.48. The van der Waals surface area contributed by atoms with E-state index in [4.69, 9.17) is 5.73 Å². The Balaban J connectivity index is 2.27. The van der Waals surface area contributed by atoms with Gasteiger partial charge in [-0.2, -0.15) is 0 Å². The zero-order valence-corrected chi connectivity index (χ0v) is 13.6. The van der Waals surface area contributed by atoms with Crippen molar-refractivity contribution in [3.8, 4) is 0 Å². The standard InChI is InChI=1S/C11H11BrFN3O2S2/c1-6-10(19-5-15-6)4-16-20(17,18)11-3-9(14)8(13)2-7(11)12/h2-3,5,16H,4,14H2,1H3. The zero-order chi connectivity index (χ0) is 14.9. The number of aromatic nitrogens is 1. The van der Waals surface area contributed by atoms with Gasteiger partial charge in [-0.1, -0.05) is 0 Å². The van der Waals surface area contributed by atoms with Gasteiger partial charge < -0.3 is 5.73 Å². The number of nitrogens with zero attached hydrogens (tertiary/aromatic N) is 1. The Morgan fingerprint density at radius 3 is 2.80 bits per heavy atom. The van der Waals surface area contributed by atoms with Crippen molar-refractivity contribution >= 4 is 43.0 Å². The maximum atomic E-state index is 13.2. The number of benzene rings is 1. The van der Waals surface area contributed by atoms with Crippen LogP contribution in [0.4, 0.5) is 10.1 Å². The monoisotopic (exact) mass is 379 g/mol. The SMILES string of the molecule is Cc1ncsc1CNS(=O)(=O)c1cc(N)c(F)cc1Br. The maximum absolute atomic E-state index is 13.2. The predicted molar refractivity (Wildman–Crippen MR) is 79.4 cm³/mol. The summed E-state index contributed by atoms with van der Waals surface area (Å²) in [6, 6.07) is 2.11. The Kier molecular flexibility index (Phi) is 4.43. The van der Waals surface area contributed by atoms with E-state index in [-0.39, 0.29) is 21.6 Å². The van der Waals surface area contributed by atoms with E-state index in [0.29, 0.717) is 0 Å². The van der Waals surface area contributed by atoms with Gasteiger partial charge in [0.25, 0.3) is 0 Å². The molecule has 0 bridgehead atoms. The number of nitrogens with one attached hydrogen (secondary N) is 1. The minimum Gasteiger partial charge on any atom is -0.396 e. The maximum Gasteiger partial charge on any atom is 0.242 e. The number of halogens is 2. The molecule has 0 saturated heterocycles. The molecule has 0 unspecified atom stereocenters. The van der Waals surface area contributed by atoms with Gasteiger partial charge in [0.15, 0.2) is 0 Å². The Morgan fingerprint density at radius 2 is 2.20 bits per heavy atom. The third-order valence-electron chi connectivity index (χ3n) is 2.61. The first-order valence-corrected chi connectivity index (χ1v) is 8.60. The molecule has 0 radical (unpaired) electrons. The van der Waals surface area contributed by atoms with Crippen molar-refractivity contribution in [3.05, 3.63) is 38.5 Å². The number of nitrogens with two attached hydrogens (primary N) is 1. The van der Waals surface area contributed by atoms with Gasteiger partial charge in [-0.25, -0.2) is 22.5 Å². The third kappa shape index (κ3) is 3.17. The molecule has 2 aromatic rings. The van der Waals surface area contributed by atoms with Gasteiger partial charge in [-0.15, -0.1) is 11.3 Å². The minimum absolute atomic E-state index is 0.0985. The normalized spacial score (nSPS) is 11.8. The highest BCUT2D eigenvalue weighted by Gasteiger charge is 2.20. The number of aryl methyl sites for hydroxylation is 1. The number of sulfonamides is 1. The second kappa shape index (κ2) is 5.76. The van der Waals surface area contributed by atoms with Crippen molar-refractivity contribution in [3.63, 3.8) is 0 Å². The van der Waals surface area contributed by atoms with Gasteiger partial charge in [-0.05, 0) is 35.0 Å². The first-order valence-electron chi connectivity index (χ1n) is 5.44. The molecule has 0 aliphatic rings. The van der Waals surface area contributed by atoms with E-state index in [1.165, 1.54) is 11.3 Å². The summed E-state index contributed by atoms with van der Waals surface area (Å²) in [7, 11) is -3.79. The molecule has 1 aromatic heterocycles. The second-order valence-corrected chi connectivity index (χ2v) is 7.52. The van der Waals surface area contributed by atoms with Crippen molar-refractivity contribution < 1.29 is 12.8 Å². The highest BCUT2D eigenvalue weighted by molar-refractivity contribution is 9.10. The number of hydrogen-bond acceptors (Lipinski definition) is 5. The number of rotatable bonds is 4. The summed E-state index contributed by atoms with van der Waals surface area (Å²) in [5, 5.41) is 0. The largest absolute Gasteiger partial charge is 0.396 e. The lowest BCUT2D eigenvalue weighted by Gasteiger charge is -2.09. The first-order chi connectivity index (χ1) is 9.31. The van der Waals surface area contributed by atoms with Crippen LogP contribution in [-0.4, -0.2) is 13.4 Å². The van der Waals surface area contributed by atoms with E-state index < -0.39 is 15.8 Å². The van der Waals surface area contributed by atoms with E-state index in [9.17, 15) is 12.8 Å². The topological polar surface area (TPSA) is 85.1 Å². The van der Waals surface area contributed by atoms with Crippen LogP contribution < -0.4 is 10.5 Å². The molecular weight excluding hydrogens is 369 g/mol. The van der Waals surface area contributed by atoms with Gasteiger partial charge in [0, 0.05) is 15.9 Å². The van der Waals surface area contributed by atoms with E-state index in [1.54, 1.807) is 12.4 Å². The van der Waals surface area contributed by atoms with Crippen molar-refractivity contribution in [2.45, 2.75) is 18.4 Å². The van der Waals surface area contributed by atoms with Crippen LogP contribution in [0.15, 0.2) is 27.0 Å². The summed E-state index contributed by atoms with van der Waals surface area (Å²) in [6.45, 7) is 1.93. The highest BCUT2D eigenvalue weighted by Crippen LogP contribution is 2.27. The lowest BCUT2D eigenvalue weighted by molar-refractivity contribution is 0.580. The minimum atomic E-state index is -3.79. The summed E-state index contributed by atoms with van der Waals surface area (Å²) in [4.78, 5) is 4.76. The Hall–Kier alpha value is -1.03. The third-order valence-corrected chi connectivity index (χ3v) is 5.90. The lowest BCUT2D eigenvalue weighted by Crippen LogP contribution is -2.23. The molecule has 1 heterocycles. The average Bonchev–Trinajstić information content (AvgIpc) is 2.77. The number of anilines is 1. The quantitative estimate of drug-likeness (QED) is 0.798. The van der Waals surface area contributed by atoms with Crippen molar-refractivity contribution in [2.24, 2.45) is 0 Å². The predicted octanol–water partition coefficient (Wildman–Crippen LogP) is 2.41. The summed E-state index contributed by atoms with van der Waals surface area (Å²) in [5.41, 5.74) is 7.60. The Morgan fingerprint density at radius 1 is 1.50 bits per heavy atom. The van der Waals surface area contributed by atoms with E-state index >= 15 is 0 Å². The number of hydrogen-bond donors (Lipinski definition) is 2. The summed E-state index contributed by atoms with van der Waals surface area (Å²) in [5.74, 6) is -0.672. The van der Waals surface area contributed by atoms with Crippen LogP contribution >= 0.6 is 27.3 Å². The summed E-state index contributed by atoms with van der Waals surface area (Å²) in [6.07, 6.45) is 0. The smallest absolute Gasteiger partial charge is 0.242 e. The molecule has 20 heavy (non-hydrogen) atoms. The average molecular weight is 380 g/mol. The molecular formula is C11H11BrFN3O2S2. The van der Waals surface area contributed by atoms with E-state index in [2.05, 4.69) is 25.6 Å². The van der Waals surface area contributed by atoms with Crippen LogP contribution in [0.1, 0.15) is 10.6 Å². The molecule has 0 fully saturated rings. The lowest BCUT2D eigenvalue weighted by atomic mass is 10.3. The number of thiazole rings is 1. The number of nitrogen functional groups attached to an aromatic ring is 1. The molecule has 0 aliphatic carbocycles. The van der Waals surface area contributed by atoms with Crippen LogP contribution in [-0.2, 0) is 16.6 Å². The van der Waals surface area contributed by atoms with Gasteiger partial charge in [0.2, 0.25) is 10.0 Å². The van der Waals surface area contributed by atoms with Gasteiger partial charge in [0.1, 0.15) is 5.82 Å². The van der Waals surface area contributed by atoms with Gasteiger partial charge in [-0.3, -0.25) is 0 Å². The molecule has 2 rings (SSSR count). The van der Waals surface area contributed by atoms with Crippen molar-refractivity contribution in [1.29, 1.82) is 0 Å². The molecule has 108 valence electrons. The van der Waals surface area contributed by atoms with E-state index in [0.717, 1.165) is 22.7 Å². The second-order valence-electron chi connectivity index (χ2n) is 3.99. The van der Waals surface area contributed by atoms with Crippen LogP contribution in [0, 0.1) is 12.7 Å². The fourth-order valence-corrected chi connectivity index (χ4v) is 4.34. The van der Waals surface area contributed by atoms with Crippen LogP contribution in [0.3, 0.4) is 0 Å². The molecule has 1 aromatic carbocycles. The van der Waals surface area contributed by atoms with Crippen molar-refractivity contribution in [1.82, 2.24) is 9.71 Å². The Labute approximate surface area is 128 Å². The van der Waals surface area contributed by atoms with E-state index in [1.807, 2.05) is 0 Å². The van der Waals surface area contributed by atoms with Crippen LogP contribution in [0.25, 0.3) is 0 Å². The fraction of sp³-hybridized carbons (Fsp3) is 0.182. The van der Waals surface area contributed by atoms with Crippen LogP contribution in [0.5, 0.6) is 0 Å². The highest BCUT2D eigenvalue weighted by atomic mass is 79.9. The van der Waals surface area contributed by atoms with Crippen LogP contribution in [0.2, 0.25) is 0 Å². The van der Waals surface area contributed by atoms with Gasteiger partial charge in [0.05, 0.1) is 21.8 Å². The molecule has 9 heteroatoms. The molecule has 0 saturated carbocycles. The Bertz CT molecular complexity index is 746. The molecule has 0 spiro atoms. The molecule has 5 nitrogen and oxygen atoms in total. The molecule has 0 amide bonds. The summed E-state index contributed by atoms with van der Waals surface area (Å²) < 4.78 is 40.2. The summed E-state index contributed by atoms with van der Waals surface area (Å²) >= 11 is 4.39. The first kappa shape index (κ1) is 15.4. The van der Waals surface area contributed by atoms with Crippen molar-refractivity contribution in [2.75, 3.05) is 5.73 Å². The van der Waals surface area contributed by atoms with Gasteiger partial charge >= 0.3 is 0 Å². The molecule has 0 aliphatic heterocycles. The molecule has 0 atom stereocenters. The molecule has 3 N–H and O–H groups in total. The zero-order valence-electron chi connectivity index (χ0n) is 10.4.